The third-order valence-corrected chi connectivity index (χ3v) is 22.5. The van der Waals surface area contributed by atoms with Gasteiger partial charge in [-0.3, -0.25) is 0 Å². The topological polar surface area (TPSA) is 393 Å². The SMILES string of the molecule is COC[C@H]1O[C@@H](O[C@@H]2OC[C@@H]3O[C@@]4(OC[C@@](O)([C@H](C)OC)[C@@H]5OCO[C@H]54)O[C@H]3[C@H]2OC)[C@@H](OC)[C@@H](O)[C@@H]1O[C@@H]1O[C@H](C)[C@H](OC)[C@H](O[C@H]2C[C@@]3(C)O[C@@]4(C[C@@H](O)[C@H](O[C@H]5C[C@@H](O[C@H]6C[C@](C)(N)[C@@H](OC)[C@H](C)O6)[C@H](OC(=O)c6c(C)c(Cl)c(O)c(Cl)c6OC)[C@@H](C)O5)[C@@H](C)O4)O[C@@H]3[C@@H](C)O2)[C@H]1O. The molecule has 11 saturated heterocycles. The van der Waals surface area contributed by atoms with Crippen molar-refractivity contribution in [3.05, 3.63) is 21.2 Å². The molecule has 102 heavy (non-hydrogen) atoms. The van der Waals surface area contributed by atoms with Crippen molar-refractivity contribution in [1.82, 2.24) is 0 Å². The van der Waals surface area contributed by atoms with E-state index >= 15 is 0 Å². The molecule has 11 heterocycles. The number of methoxy groups -OCH3 is 7. The molecule has 0 radical (unpaired) electrons. The van der Waals surface area contributed by atoms with E-state index < -0.39 is 225 Å². The average molecular weight is 1510 g/mol. The molecule has 0 saturated carbocycles. The van der Waals surface area contributed by atoms with Crippen LogP contribution in [0.2, 0.25) is 10.0 Å². The van der Waals surface area contributed by atoms with E-state index in [0.717, 1.165) is 0 Å². The lowest BCUT2D eigenvalue weighted by molar-refractivity contribution is -0.422. The summed E-state index contributed by atoms with van der Waals surface area (Å²) in [4.78, 5) is 14.3. The Morgan fingerprint density at radius 3 is 1.99 bits per heavy atom. The van der Waals surface area contributed by atoms with Crippen LogP contribution in [0.1, 0.15) is 97.0 Å². The zero-order chi connectivity index (χ0) is 73.6. The number of benzene rings is 1. The predicted molar refractivity (Wildman–Crippen MR) is 341 cm³/mol. The van der Waals surface area contributed by atoms with Gasteiger partial charge in [0.1, 0.15) is 120 Å². The number of aliphatic hydroxyl groups is 4. The average Bonchev–Trinajstić information content (AvgIpc) is 1.56. The van der Waals surface area contributed by atoms with Crippen LogP contribution in [0, 0.1) is 6.92 Å². The molecule has 7 N–H and O–H groups in total. The molecule has 11 aliphatic heterocycles. The van der Waals surface area contributed by atoms with Crippen LogP contribution >= 0.6 is 23.2 Å². The number of carbonyl (C=O) groups is 1. The zero-order valence-corrected chi connectivity index (χ0v) is 61.5. The van der Waals surface area contributed by atoms with Crippen LogP contribution in [0.5, 0.6) is 11.5 Å². The fraction of sp³-hybridized carbons (Fsp3) is 0.894. The Bertz CT molecular complexity index is 3030. The molecule has 11 fully saturated rings. The Hall–Kier alpha value is -2.33. The van der Waals surface area contributed by atoms with Crippen molar-refractivity contribution in [2.75, 3.05) is 76.4 Å². The fourth-order valence-electron chi connectivity index (χ4n) is 16.5. The number of fused-ring (bicyclic) bond motifs is 4. The molecule has 0 aliphatic carbocycles. The fourth-order valence-corrected chi connectivity index (χ4v) is 17.0. The minimum Gasteiger partial charge on any atom is -0.505 e. The van der Waals surface area contributed by atoms with Crippen molar-refractivity contribution in [1.29, 1.82) is 0 Å². The van der Waals surface area contributed by atoms with Crippen LogP contribution in [-0.4, -0.2) is 321 Å². The maximum atomic E-state index is 14.3. The number of aliphatic hydroxyl groups excluding tert-OH is 3. The van der Waals surface area contributed by atoms with Crippen molar-refractivity contribution in [2.24, 2.45) is 5.73 Å². The first-order valence-corrected chi connectivity index (χ1v) is 35.2. The monoisotopic (exact) mass is 1510 g/mol. The summed E-state index contributed by atoms with van der Waals surface area (Å²) in [7, 11) is 9.96. The van der Waals surface area contributed by atoms with E-state index in [0.29, 0.717) is 0 Å². The maximum Gasteiger partial charge on any atom is 0.342 e. The van der Waals surface area contributed by atoms with Gasteiger partial charge in [-0.15, -0.1) is 0 Å². The van der Waals surface area contributed by atoms with Gasteiger partial charge in [0.25, 0.3) is 5.97 Å². The van der Waals surface area contributed by atoms with Gasteiger partial charge >= 0.3 is 11.9 Å². The second-order valence-corrected chi connectivity index (χ2v) is 29.4. The van der Waals surface area contributed by atoms with Crippen LogP contribution < -0.4 is 10.5 Å². The Labute approximate surface area is 600 Å². The highest BCUT2D eigenvalue weighted by molar-refractivity contribution is 6.39. The largest absolute Gasteiger partial charge is 0.505 e. The van der Waals surface area contributed by atoms with Crippen molar-refractivity contribution >= 4 is 29.2 Å². The summed E-state index contributed by atoms with van der Waals surface area (Å²) >= 11 is 12.8. The molecule has 582 valence electrons. The van der Waals surface area contributed by atoms with Gasteiger partial charge in [0.15, 0.2) is 61.4 Å². The molecule has 34 nitrogen and oxygen atoms in total. The smallest absolute Gasteiger partial charge is 0.342 e. The van der Waals surface area contributed by atoms with E-state index in [9.17, 15) is 30.3 Å². The van der Waals surface area contributed by atoms with Crippen molar-refractivity contribution in [2.45, 2.75) is 301 Å². The molecule has 0 aromatic heterocycles. The minimum atomic E-state index is -1.82. The number of carbonyl (C=O) groups excluding carboxylic acids is 1. The Balaban J connectivity index is 0.684. The molecule has 11 aliphatic rings. The van der Waals surface area contributed by atoms with Gasteiger partial charge < -0.3 is 159 Å². The van der Waals surface area contributed by atoms with Gasteiger partial charge in [-0.05, 0) is 67.9 Å². The summed E-state index contributed by atoms with van der Waals surface area (Å²) in [6.07, 6.45) is -30.9. The van der Waals surface area contributed by atoms with Crippen molar-refractivity contribution in [3.63, 3.8) is 0 Å². The third kappa shape index (κ3) is 14.6. The lowest BCUT2D eigenvalue weighted by Gasteiger charge is -2.49. The van der Waals surface area contributed by atoms with E-state index in [-0.39, 0.29) is 79.2 Å². The molecule has 1 aromatic carbocycles. The number of hydrogen-bond donors (Lipinski definition) is 6. The molecule has 35 atom stereocenters. The number of rotatable bonds is 21. The zero-order valence-electron chi connectivity index (χ0n) is 60.0. The number of nitrogens with two attached hydrogens (primary N) is 1. The summed E-state index contributed by atoms with van der Waals surface area (Å²) < 4.78 is 168. The summed E-state index contributed by atoms with van der Waals surface area (Å²) in [5, 5.41) is 58.5. The molecule has 0 bridgehead atoms. The summed E-state index contributed by atoms with van der Waals surface area (Å²) in [5.41, 5.74) is 3.10. The van der Waals surface area contributed by atoms with Crippen LogP contribution in [-0.2, 0) is 123 Å². The highest BCUT2D eigenvalue weighted by Gasteiger charge is 2.71. The lowest BCUT2D eigenvalue weighted by Crippen LogP contribution is -2.69. The van der Waals surface area contributed by atoms with Crippen molar-refractivity contribution in [3.8, 4) is 11.5 Å². The van der Waals surface area contributed by atoms with Crippen LogP contribution in [0.25, 0.3) is 0 Å². The van der Waals surface area contributed by atoms with Gasteiger partial charge in [-0.1, -0.05) is 23.2 Å². The van der Waals surface area contributed by atoms with Crippen LogP contribution in [0.15, 0.2) is 0 Å². The molecule has 0 unspecified atom stereocenters. The number of esters is 1. The number of hydrogen-bond acceptors (Lipinski definition) is 34. The molecule has 1 aromatic rings. The van der Waals surface area contributed by atoms with Gasteiger partial charge in [-0.25, -0.2) is 4.79 Å². The lowest BCUT2D eigenvalue weighted by atomic mass is 9.85. The first-order chi connectivity index (χ1) is 48.3. The number of halogens is 2. The van der Waals surface area contributed by atoms with Crippen LogP contribution in [0.4, 0.5) is 0 Å². The third-order valence-electron chi connectivity index (χ3n) is 21.6. The van der Waals surface area contributed by atoms with Gasteiger partial charge in [0.05, 0.1) is 81.1 Å². The standard InChI is InChI=1S/C66H101Cl2NO33/c1-25-39(50(79-13)41(68)42(71)40(25)67)58(74)95-46-26(2)87-36(17-33(46)91-37-19-62(8,69)54(82-16)29(5)88-37)93-45-28(4)98-65(18-32(45)70)101-55-30(6)89-38(20-63(55,9)102-65)94-51-44(73)59(90-27(3)47(51)78-12)96-48-34(21-76-10)92-61(52(80-14)43(48)72)97-60-53(81-15)49-35(22-83-60)99-66(100-49)57-56(84-24-85-57)64(75,23-86-66)31(7)77-11/h26-38,43-49,51-57,59-61,70-73,75H,17-24,69H2,1-16H3/t26-,27-,28-,29+,30-,31+,32-,33-,34-,35+,36+,37+,38+,43+,44-,45-,46-,47+,48-,49-,51-,52+,53-,54+,55-,56-,57-,59+,60+,61+,62+,63-,64-,65-,66-/m1/s1. The van der Waals surface area contributed by atoms with E-state index in [1.807, 2.05) is 20.8 Å². The number of ether oxygens (including phenoxy) is 27. The van der Waals surface area contributed by atoms with E-state index in [1.165, 1.54) is 49.6 Å². The van der Waals surface area contributed by atoms with Crippen LogP contribution in [0.3, 0.4) is 0 Å². The molecule has 0 amide bonds. The van der Waals surface area contributed by atoms with E-state index in [4.69, 9.17) is 157 Å². The maximum absolute atomic E-state index is 14.3. The van der Waals surface area contributed by atoms with Crippen molar-refractivity contribution < 1.29 is 158 Å². The highest BCUT2D eigenvalue weighted by Crippen LogP contribution is 2.53. The number of phenols is 1. The Morgan fingerprint density at radius 2 is 1.32 bits per heavy atom. The highest BCUT2D eigenvalue weighted by atomic mass is 35.5. The molecule has 12 rings (SSSR count). The quantitative estimate of drug-likeness (QED) is 0.0949. The van der Waals surface area contributed by atoms with Gasteiger partial charge in [0.2, 0.25) is 0 Å². The Kier molecular flexibility index (Phi) is 24.2. The Morgan fingerprint density at radius 1 is 0.647 bits per heavy atom. The van der Waals surface area contributed by atoms with E-state index in [1.54, 1.807) is 41.7 Å². The molecular weight excluding hydrogens is 1410 g/mol. The first kappa shape index (κ1) is 79.2. The minimum absolute atomic E-state index is 0.0196. The summed E-state index contributed by atoms with van der Waals surface area (Å²) in [6.45, 7) is 14.8. The molecule has 36 heteroatoms. The predicted octanol–water partition coefficient (Wildman–Crippen LogP) is 1.45. The second-order valence-electron chi connectivity index (χ2n) is 28.6. The normalized spacial score (nSPS) is 49.1. The summed E-state index contributed by atoms with van der Waals surface area (Å²) in [5.74, 6) is -5.16. The molecular formula is C66H101Cl2NO33. The first-order valence-electron chi connectivity index (χ1n) is 34.4. The van der Waals surface area contributed by atoms with Gasteiger partial charge in [0, 0.05) is 67.5 Å². The van der Waals surface area contributed by atoms with Gasteiger partial charge in [-0.2, -0.15) is 0 Å². The number of phenolic OH excluding ortho intramolecular Hbond substituents is 1. The molecule has 2 spiro atoms. The van der Waals surface area contributed by atoms with E-state index in [2.05, 4.69) is 0 Å². The second kappa shape index (κ2) is 31.2. The number of aromatic hydroxyl groups is 1. The summed E-state index contributed by atoms with van der Waals surface area (Å²) in [6, 6.07) is 0.